The highest BCUT2D eigenvalue weighted by atomic mass is 28.4. The highest BCUT2D eigenvalue weighted by Crippen LogP contribution is 2.44. The molecule has 0 fully saturated rings. The van der Waals surface area contributed by atoms with E-state index >= 15 is 0 Å². The third-order valence-electron chi connectivity index (χ3n) is 12.0. The molecule has 0 spiro atoms. The molecule has 314 valence electrons. The third-order valence-corrected chi connectivity index (χ3v) is 30.0. The van der Waals surface area contributed by atoms with E-state index in [1.54, 1.807) is 6.92 Å². The molecule has 0 saturated carbocycles. The van der Waals surface area contributed by atoms with Gasteiger partial charge in [0.05, 0.1) is 31.5 Å². The molecule has 54 heavy (non-hydrogen) atoms. The van der Waals surface area contributed by atoms with E-state index < -0.39 is 74.7 Å². The second kappa shape index (κ2) is 17.7. The molecule has 4 N–H and O–H groups in total. The molecule has 0 aliphatic rings. The van der Waals surface area contributed by atoms with E-state index in [1.165, 1.54) is 0 Å². The topological polar surface area (TPSA) is 170 Å². The van der Waals surface area contributed by atoms with Crippen molar-refractivity contribution in [3.63, 3.8) is 0 Å². The van der Waals surface area contributed by atoms with Crippen LogP contribution in [0.5, 0.6) is 0 Å². The SMILES string of the molecule is CCOC(=O)C(=O)Nc1c(NC[C@H](O[Si](C)(C)C(C)(C)C)[C@H](O[Si](C)(C)C(C)(C)C)[C@@H](CO[Si](C)(C)C(C)(C)C)O[Si](C)(C)C(C)(C)C)[nH]c(=O)[nH]c1=O. The molecular formula is C37H76N4O9Si4. The molecule has 0 aromatic carbocycles. The van der Waals surface area contributed by atoms with Crippen molar-refractivity contribution in [3.05, 3.63) is 20.8 Å². The van der Waals surface area contributed by atoms with E-state index in [4.69, 9.17) is 22.4 Å². The van der Waals surface area contributed by atoms with Crippen LogP contribution in [-0.2, 0) is 32.0 Å². The third kappa shape index (κ3) is 13.4. The van der Waals surface area contributed by atoms with Crippen LogP contribution in [0.2, 0.25) is 72.5 Å². The van der Waals surface area contributed by atoms with E-state index in [9.17, 15) is 19.2 Å². The maximum atomic E-state index is 13.1. The first-order chi connectivity index (χ1) is 23.9. The lowest BCUT2D eigenvalue weighted by molar-refractivity contribution is -0.152. The number of rotatable bonds is 16. The van der Waals surface area contributed by atoms with Crippen molar-refractivity contribution in [2.24, 2.45) is 0 Å². The van der Waals surface area contributed by atoms with E-state index in [1.807, 2.05) is 0 Å². The first-order valence-electron chi connectivity index (χ1n) is 19.2. The number of anilines is 2. The van der Waals surface area contributed by atoms with Crippen molar-refractivity contribution in [2.75, 3.05) is 30.4 Å². The molecular weight excluding hydrogens is 757 g/mol. The molecule has 0 aliphatic heterocycles. The summed E-state index contributed by atoms with van der Waals surface area (Å²) in [5.74, 6) is -2.41. The van der Waals surface area contributed by atoms with E-state index in [-0.39, 0.29) is 51.4 Å². The summed E-state index contributed by atoms with van der Waals surface area (Å²) in [5, 5.41) is 4.96. The van der Waals surface area contributed by atoms with Crippen LogP contribution in [-0.4, -0.2) is 93.2 Å². The summed E-state index contributed by atoms with van der Waals surface area (Å²) < 4.78 is 33.9. The summed E-state index contributed by atoms with van der Waals surface area (Å²) in [5.41, 5.74) is -2.03. The van der Waals surface area contributed by atoms with E-state index in [0.29, 0.717) is 0 Å². The second-order valence-electron chi connectivity index (χ2n) is 20.5. The lowest BCUT2D eigenvalue weighted by Gasteiger charge is -2.49. The Morgan fingerprint density at radius 3 is 1.50 bits per heavy atom. The molecule has 0 saturated heterocycles. The monoisotopic (exact) mass is 832 g/mol. The van der Waals surface area contributed by atoms with Gasteiger partial charge in [-0.25, -0.2) is 9.59 Å². The summed E-state index contributed by atoms with van der Waals surface area (Å²) in [6, 6.07) is 0. The summed E-state index contributed by atoms with van der Waals surface area (Å²) in [4.78, 5) is 55.3. The number of aromatic amines is 2. The number of H-pyrrole nitrogens is 2. The van der Waals surface area contributed by atoms with Crippen LogP contribution in [0.4, 0.5) is 11.5 Å². The molecule has 3 atom stereocenters. The van der Waals surface area contributed by atoms with Gasteiger partial charge in [-0.2, -0.15) is 0 Å². The Morgan fingerprint density at radius 1 is 0.648 bits per heavy atom. The van der Waals surface area contributed by atoms with Gasteiger partial charge in [0.15, 0.2) is 33.3 Å². The van der Waals surface area contributed by atoms with Crippen LogP contribution in [0.25, 0.3) is 0 Å². The number of esters is 1. The average Bonchev–Trinajstić information content (AvgIpc) is 2.95. The fraction of sp³-hybridized carbons (Fsp3) is 0.838. The van der Waals surface area contributed by atoms with Gasteiger partial charge in [-0.1, -0.05) is 83.1 Å². The molecule has 0 radical (unpaired) electrons. The fourth-order valence-corrected chi connectivity index (χ4v) is 9.24. The normalized spacial score (nSPS) is 15.7. The number of amides is 1. The Hall–Kier alpha value is -1.87. The highest BCUT2D eigenvalue weighted by molar-refractivity contribution is 6.75. The smallest absolute Gasteiger partial charge is 0.397 e. The molecule has 17 heteroatoms. The molecule has 0 unspecified atom stereocenters. The molecule has 13 nitrogen and oxygen atoms in total. The van der Waals surface area contributed by atoms with E-state index in [0.717, 1.165) is 0 Å². The maximum Gasteiger partial charge on any atom is 0.397 e. The minimum atomic E-state index is -2.56. The fourth-order valence-electron chi connectivity index (χ4n) is 4.25. The highest BCUT2D eigenvalue weighted by Gasteiger charge is 2.50. The summed E-state index contributed by atoms with van der Waals surface area (Å²) in [7, 11) is -9.84. The van der Waals surface area contributed by atoms with Gasteiger partial charge in [-0.15, -0.1) is 0 Å². The minimum Gasteiger partial charge on any atom is -0.459 e. The van der Waals surface area contributed by atoms with Gasteiger partial charge in [0.2, 0.25) is 0 Å². The number of ether oxygens (including phenoxy) is 1. The zero-order chi connectivity index (χ0) is 42.7. The molecule has 1 aromatic heterocycles. The number of carbonyl (C=O) groups excluding carboxylic acids is 2. The van der Waals surface area contributed by atoms with Crippen molar-refractivity contribution < 1.29 is 32.0 Å². The van der Waals surface area contributed by atoms with Crippen molar-refractivity contribution in [2.45, 2.75) is 181 Å². The molecule has 1 aromatic rings. The van der Waals surface area contributed by atoms with Crippen LogP contribution < -0.4 is 21.9 Å². The zero-order valence-electron chi connectivity index (χ0n) is 37.5. The van der Waals surface area contributed by atoms with Crippen LogP contribution in [0.3, 0.4) is 0 Å². The van der Waals surface area contributed by atoms with Crippen molar-refractivity contribution in [3.8, 4) is 0 Å². The Kier molecular flexibility index (Phi) is 16.5. The molecule has 1 amide bonds. The summed E-state index contributed by atoms with van der Waals surface area (Å²) in [6.45, 7) is 45.8. The Labute approximate surface area is 329 Å². The zero-order valence-corrected chi connectivity index (χ0v) is 41.5. The van der Waals surface area contributed by atoms with Gasteiger partial charge in [0.25, 0.3) is 5.56 Å². The first kappa shape index (κ1) is 50.1. The van der Waals surface area contributed by atoms with Gasteiger partial charge >= 0.3 is 17.6 Å². The largest absolute Gasteiger partial charge is 0.459 e. The molecule has 0 aliphatic carbocycles. The van der Waals surface area contributed by atoms with Crippen LogP contribution >= 0.6 is 0 Å². The molecule has 1 rings (SSSR count). The van der Waals surface area contributed by atoms with Crippen LogP contribution in [0, 0.1) is 0 Å². The Balaban J connectivity index is 4.15. The van der Waals surface area contributed by atoms with Gasteiger partial charge in [-0.05, 0) is 79.5 Å². The number of aromatic nitrogens is 2. The maximum absolute atomic E-state index is 13.1. The minimum absolute atomic E-state index is 0.0291. The van der Waals surface area contributed by atoms with Crippen molar-refractivity contribution in [1.29, 1.82) is 0 Å². The first-order valence-corrected chi connectivity index (χ1v) is 30.8. The standard InChI is InChI=1S/C37H76N4O9Si4/c1-22-46-32(44)31(43)39-27-29(40-33(45)41-30(27)42)38-23-25(48-52(16,17)35(5,6)7)28(50-54(20,21)37(11,12)13)26(49-53(18,19)36(8,9)10)24-47-51(14,15)34(2,3)4/h25-26,28H,22-24H2,1-21H3,(H,39,43)(H3,38,40,41,42,45)/t25-,26+,28-/m0/s1. The van der Waals surface area contributed by atoms with Gasteiger partial charge < -0.3 is 33.1 Å². The number of hydrogen-bond acceptors (Lipinski definition) is 10. The van der Waals surface area contributed by atoms with Crippen LogP contribution in [0.15, 0.2) is 9.59 Å². The summed E-state index contributed by atoms with van der Waals surface area (Å²) >= 11 is 0. The Bertz CT molecular complexity index is 1550. The van der Waals surface area contributed by atoms with E-state index in [2.05, 4.69) is 156 Å². The lowest BCUT2D eigenvalue weighted by atomic mass is 10.1. The summed E-state index contributed by atoms with van der Waals surface area (Å²) in [6.07, 6.45) is -1.89. The predicted molar refractivity (Wildman–Crippen MR) is 231 cm³/mol. The predicted octanol–water partition coefficient (Wildman–Crippen LogP) is 8.17. The van der Waals surface area contributed by atoms with Crippen molar-refractivity contribution >= 4 is 56.7 Å². The van der Waals surface area contributed by atoms with Gasteiger partial charge in [-0.3, -0.25) is 19.6 Å². The number of nitrogens with one attached hydrogen (secondary N) is 4. The van der Waals surface area contributed by atoms with Gasteiger partial charge in [0, 0.05) is 6.54 Å². The average molecular weight is 833 g/mol. The van der Waals surface area contributed by atoms with Crippen molar-refractivity contribution in [1.82, 2.24) is 9.97 Å². The Morgan fingerprint density at radius 2 is 1.07 bits per heavy atom. The number of hydrogen-bond donors (Lipinski definition) is 4. The quantitative estimate of drug-likeness (QED) is 0.0724. The van der Waals surface area contributed by atoms with Gasteiger partial charge in [0.1, 0.15) is 11.5 Å². The lowest BCUT2D eigenvalue weighted by Crippen LogP contribution is -2.61. The van der Waals surface area contributed by atoms with Crippen LogP contribution in [0.1, 0.15) is 90.0 Å². The molecule has 1 heterocycles. The number of carbonyl (C=O) groups is 2. The molecule has 0 bridgehead atoms. The second-order valence-corrected chi connectivity index (χ2v) is 39.5.